The molecule has 0 spiro atoms. The molecule has 0 N–H and O–H groups in total. The third-order valence-electron chi connectivity index (χ3n) is 0.468. The van der Waals surface area contributed by atoms with E-state index < -0.39 is 0 Å². The first kappa shape index (κ1) is 6.09. The lowest BCUT2D eigenvalue weighted by molar-refractivity contribution is 1.23. The minimum Gasteiger partial charge on any atom is -0.138 e. The fraction of sp³-hybridized carbons (Fsp3) is 0.600. The molecule has 0 radical (unpaired) electrons. The smallest absolute Gasteiger partial charge is 0.0142 e. The summed E-state index contributed by atoms with van der Waals surface area (Å²) in [5.74, 6) is 0. The maximum Gasteiger partial charge on any atom is -0.0142 e. The van der Waals surface area contributed by atoms with Gasteiger partial charge in [-0.1, -0.05) is 13.0 Å². The normalized spacial score (nSPS) is 10.3. The summed E-state index contributed by atoms with van der Waals surface area (Å²) in [6.45, 7) is 2.13. The van der Waals surface area contributed by atoms with Gasteiger partial charge in [-0.05, 0) is 18.1 Å². The number of thioether (sulfide) groups is 1. The summed E-state index contributed by atoms with van der Waals surface area (Å²) >= 11 is 1.75. The highest BCUT2D eigenvalue weighted by Gasteiger charge is 1.59. The van der Waals surface area contributed by atoms with Crippen molar-refractivity contribution in [2.24, 2.45) is 0 Å². The van der Waals surface area contributed by atoms with E-state index in [1.54, 1.807) is 11.8 Å². The Kier molecular flexibility index (Phi) is 5.17. The van der Waals surface area contributed by atoms with Gasteiger partial charge in [-0.3, -0.25) is 0 Å². The quantitative estimate of drug-likeness (QED) is 0.515. The largest absolute Gasteiger partial charge is 0.138 e. The summed E-state index contributed by atoms with van der Waals surface area (Å²) in [5.41, 5.74) is 0. The van der Waals surface area contributed by atoms with Crippen molar-refractivity contribution >= 4 is 11.8 Å². The monoisotopic (exact) mass is 102 g/mol. The van der Waals surface area contributed by atoms with Gasteiger partial charge < -0.3 is 0 Å². The van der Waals surface area contributed by atoms with Crippen LogP contribution in [0.4, 0.5) is 0 Å². The second-order valence-electron chi connectivity index (χ2n) is 1.02. The van der Waals surface area contributed by atoms with Crippen molar-refractivity contribution in [1.29, 1.82) is 0 Å². The molecule has 0 rings (SSSR count). The molecule has 0 aliphatic heterocycles. The van der Waals surface area contributed by atoms with Gasteiger partial charge in [0.1, 0.15) is 0 Å². The lowest BCUT2D eigenvalue weighted by Crippen LogP contribution is -1.46. The Balaban J connectivity index is 2.73. The highest BCUT2D eigenvalue weighted by Crippen LogP contribution is 1.93. The van der Waals surface area contributed by atoms with Crippen molar-refractivity contribution in [2.75, 3.05) is 6.26 Å². The molecule has 0 aliphatic carbocycles. The van der Waals surface area contributed by atoms with Crippen molar-refractivity contribution in [2.45, 2.75) is 13.3 Å². The Hall–Kier alpha value is 0.0900. The number of allylic oxidation sites excluding steroid dienone is 1. The zero-order valence-corrected chi connectivity index (χ0v) is 5.09. The molecule has 0 saturated heterocycles. The summed E-state index contributed by atoms with van der Waals surface area (Å²) in [6, 6.07) is 0. The fourth-order valence-electron chi connectivity index (χ4n) is 0.192. The standard InChI is InChI=1S/C5H10S/c1-3-4-5-6-2/h4-5H,3H2,1-2H3. The third-order valence-corrected chi connectivity index (χ3v) is 0.933. The van der Waals surface area contributed by atoms with Crippen LogP contribution in [0.2, 0.25) is 0 Å². The van der Waals surface area contributed by atoms with Crippen molar-refractivity contribution in [3.8, 4) is 0 Å². The second-order valence-corrected chi connectivity index (χ2v) is 1.76. The van der Waals surface area contributed by atoms with E-state index in [0.717, 1.165) is 6.42 Å². The molecule has 36 valence electrons. The molecule has 0 atom stereocenters. The molecule has 0 amide bonds. The Morgan fingerprint density at radius 2 is 2.33 bits per heavy atom. The molecular formula is C5H10S. The summed E-state index contributed by atoms with van der Waals surface area (Å²) in [5, 5.41) is 2.10. The van der Waals surface area contributed by atoms with Gasteiger partial charge in [-0.25, -0.2) is 0 Å². The summed E-state index contributed by atoms with van der Waals surface area (Å²) in [6.07, 6.45) is 5.36. The molecule has 0 bridgehead atoms. The van der Waals surface area contributed by atoms with Gasteiger partial charge in [-0.15, -0.1) is 11.8 Å². The molecule has 1 heteroatoms. The number of hydrogen-bond donors (Lipinski definition) is 0. The van der Waals surface area contributed by atoms with Crippen LogP contribution < -0.4 is 0 Å². The van der Waals surface area contributed by atoms with E-state index >= 15 is 0 Å². The van der Waals surface area contributed by atoms with Gasteiger partial charge in [0.2, 0.25) is 0 Å². The predicted molar refractivity (Wildman–Crippen MR) is 32.9 cm³/mol. The lowest BCUT2D eigenvalue weighted by Gasteiger charge is -1.72. The lowest BCUT2D eigenvalue weighted by atomic mass is 10.5. The molecule has 0 aromatic rings. The highest BCUT2D eigenvalue weighted by molar-refractivity contribution is 8.01. The van der Waals surface area contributed by atoms with Crippen LogP contribution in [0.1, 0.15) is 13.3 Å². The van der Waals surface area contributed by atoms with Gasteiger partial charge in [0.25, 0.3) is 0 Å². The summed E-state index contributed by atoms with van der Waals surface area (Å²) in [7, 11) is 0. The minimum atomic E-state index is 1.15. The van der Waals surface area contributed by atoms with Crippen LogP contribution in [0, 0.1) is 0 Å². The van der Waals surface area contributed by atoms with Crippen LogP contribution in [0.5, 0.6) is 0 Å². The number of hydrogen-bond acceptors (Lipinski definition) is 1. The van der Waals surface area contributed by atoms with Gasteiger partial charge in [-0.2, -0.15) is 0 Å². The fourth-order valence-corrected chi connectivity index (χ4v) is 0.577. The van der Waals surface area contributed by atoms with Crippen molar-refractivity contribution < 1.29 is 0 Å². The van der Waals surface area contributed by atoms with Gasteiger partial charge in [0.05, 0.1) is 0 Å². The van der Waals surface area contributed by atoms with E-state index in [-0.39, 0.29) is 0 Å². The van der Waals surface area contributed by atoms with Crippen LogP contribution in [-0.4, -0.2) is 6.26 Å². The van der Waals surface area contributed by atoms with Crippen LogP contribution in [0.15, 0.2) is 11.5 Å². The molecule has 0 aromatic heterocycles. The molecule has 0 unspecified atom stereocenters. The number of rotatable bonds is 2. The minimum absolute atomic E-state index is 1.15. The Morgan fingerprint density at radius 3 is 2.50 bits per heavy atom. The molecule has 0 heterocycles. The van der Waals surface area contributed by atoms with Crippen molar-refractivity contribution in [3.05, 3.63) is 11.5 Å². The molecule has 6 heavy (non-hydrogen) atoms. The van der Waals surface area contributed by atoms with Crippen LogP contribution in [0.3, 0.4) is 0 Å². The zero-order valence-electron chi connectivity index (χ0n) is 4.27. The van der Waals surface area contributed by atoms with Gasteiger partial charge in [0, 0.05) is 0 Å². The molecule has 0 aromatic carbocycles. The first-order valence-corrected chi connectivity index (χ1v) is 3.38. The zero-order chi connectivity index (χ0) is 4.83. The molecule has 0 nitrogen and oxygen atoms in total. The Labute approximate surface area is 43.6 Å². The molecular weight excluding hydrogens is 92.1 g/mol. The topological polar surface area (TPSA) is 0 Å². The van der Waals surface area contributed by atoms with Crippen molar-refractivity contribution in [3.63, 3.8) is 0 Å². The van der Waals surface area contributed by atoms with E-state index in [4.69, 9.17) is 0 Å². The predicted octanol–water partition coefficient (Wildman–Crippen LogP) is 2.27. The van der Waals surface area contributed by atoms with E-state index in [2.05, 4.69) is 24.7 Å². The first-order valence-electron chi connectivity index (χ1n) is 2.09. The van der Waals surface area contributed by atoms with Crippen molar-refractivity contribution in [1.82, 2.24) is 0 Å². The molecule has 0 aliphatic rings. The maximum atomic E-state index is 2.14. The third kappa shape index (κ3) is 4.09. The van der Waals surface area contributed by atoms with E-state index in [9.17, 15) is 0 Å². The Morgan fingerprint density at radius 1 is 1.67 bits per heavy atom. The van der Waals surface area contributed by atoms with E-state index in [1.807, 2.05) is 0 Å². The van der Waals surface area contributed by atoms with E-state index in [0.29, 0.717) is 0 Å². The molecule has 0 saturated carbocycles. The summed E-state index contributed by atoms with van der Waals surface area (Å²) in [4.78, 5) is 0. The van der Waals surface area contributed by atoms with Crippen LogP contribution in [-0.2, 0) is 0 Å². The second kappa shape index (κ2) is 5.09. The highest BCUT2D eigenvalue weighted by atomic mass is 32.2. The van der Waals surface area contributed by atoms with Crippen LogP contribution >= 0.6 is 11.8 Å². The summed E-state index contributed by atoms with van der Waals surface area (Å²) < 4.78 is 0. The van der Waals surface area contributed by atoms with Gasteiger partial charge in [0.15, 0.2) is 0 Å². The average Bonchev–Trinajstić information content (AvgIpc) is 1.61. The Bertz CT molecular complexity index is 33.2. The van der Waals surface area contributed by atoms with E-state index in [1.165, 1.54) is 0 Å². The van der Waals surface area contributed by atoms with Gasteiger partial charge >= 0.3 is 0 Å². The van der Waals surface area contributed by atoms with Crippen LogP contribution in [0.25, 0.3) is 0 Å². The SMILES string of the molecule is CCC=CSC. The maximum absolute atomic E-state index is 2.14. The molecule has 0 fully saturated rings. The first-order chi connectivity index (χ1) is 2.91. The average molecular weight is 102 g/mol.